The van der Waals surface area contributed by atoms with Crippen molar-refractivity contribution in [3.63, 3.8) is 0 Å². The van der Waals surface area contributed by atoms with Gasteiger partial charge < -0.3 is 5.32 Å². The molecule has 1 nitrogen and oxygen atoms in total. The van der Waals surface area contributed by atoms with Crippen molar-refractivity contribution in [1.82, 2.24) is 5.32 Å². The van der Waals surface area contributed by atoms with Gasteiger partial charge in [0.2, 0.25) is 0 Å². The molecule has 0 heterocycles. The van der Waals surface area contributed by atoms with Crippen LogP contribution < -0.4 is 5.32 Å². The van der Waals surface area contributed by atoms with Crippen molar-refractivity contribution in [2.24, 2.45) is 11.3 Å². The first-order chi connectivity index (χ1) is 10.1. The van der Waals surface area contributed by atoms with E-state index in [4.69, 9.17) is 0 Å². The van der Waals surface area contributed by atoms with Gasteiger partial charge in [-0.1, -0.05) is 64.3 Å². The Morgan fingerprint density at radius 3 is 2.19 bits per heavy atom. The predicted molar refractivity (Wildman–Crippen MR) is 92.7 cm³/mol. The molecule has 0 bridgehead atoms. The van der Waals surface area contributed by atoms with Crippen LogP contribution in [0.1, 0.15) is 64.0 Å². The largest absolute Gasteiger partial charge is 0.316 e. The summed E-state index contributed by atoms with van der Waals surface area (Å²) in [6.45, 7) is 9.17. The number of hydrogen-bond donors (Lipinski definition) is 1. The normalized spacial score (nSPS) is 18.1. The average Bonchev–Trinajstić information content (AvgIpc) is 2.48. The molecule has 0 saturated heterocycles. The van der Waals surface area contributed by atoms with E-state index in [-0.39, 0.29) is 0 Å². The van der Waals surface area contributed by atoms with Gasteiger partial charge in [-0.3, -0.25) is 0 Å². The van der Waals surface area contributed by atoms with Crippen molar-refractivity contribution < 1.29 is 0 Å². The van der Waals surface area contributed by atoms with Crippen molar-refractivity contribution in [3.8, 4) is 0 Å². The lowest BCUT2D eigenvalue weighted by molar-refractivity contribution is 0.179. The van der Waals surface area contributed by atoms with Crippen LogP contribution in [0.4, 0.5) is 0 Å². The first-order valence-corrected chi connectivity index (χ1v) is 8.92. The number of aryl methyl sites for hydroxylation is 1. The SMILES string of the molecule is CCc1ccc(CC2(CNCC(C)C)CCCCC2)cc1. The first kappa shape index (κ1) is 16.5. The lowest BCUT2D eigenvalue weighted by Crippen LogP contribution is -2.39. The van der Waals surface area contributed by atoms with Crippen LogP contribution in [0.3, 0.4) is 0 Å². The van der Waals surface area contributed by atoms with E-state index in [1.807, 2.05) is 0 Å². The Morgan fingerprint density at radius 1 is 1.00 bits per heavy atom. The van der Waals surface area contributed by atoms with E-state index >= 15 is 0 Å². The summed E-state index contributed by atoms with van der Waals surface area (Å²) >= 11 is 0. The Morgan fingerprint density at radius 2 is 1.62 bits per heavy atom. The number of rotatable bonds is 7. The highest BCUT2D eigenvalue weighted by Crippen LogP contribution is 2.38. The Bertz CT molecular complexity index is 398. The fourth-order valence-corrected chi connectivity index (χ4v) is 3.67. The summed E-state index contributed by atoms with van der Waals surface area (Å²) in [7, 11) is 0. The summed E-state index contributed by atoms with van der Waals surface area (Å²) in [6.07, 6.45) is 9.44. The van der Waals surface area contributed by atoms with Crippen molar-refractivity contribution in [3.05, 3.63) is 35.4 Å². The van der Waals surface area contributed by atoms with Crippen LogP contribution >= 0.6 is 0 Å². The molecule has 118 valence electrons. The van der Waals surface area contributed by atoms with Gasteiger partial charge in [-0.15, -0.1) is 0 Å². The van der Waals surface area contributed by atoms with E-state index in [2.05, 4.69) is 50.4 Å². The molecule has 1 fully saturated rings. The molecular weight excluding hydrogens is 254 g/mol. The summed E-state index contributed by atoms with van der Waals surface area (Å²) in [4.78, 5) is 0. The van der Waals surface area contributed by atoms with Crippen LogP contribution in [-0.2, 0) is 12.8 Å². The second-order valence-electron chi connectivity index (χ2n) is 7.43. The van der Waals surface area contributed by atoms with Gasteiger partial charge in [0, 0.05) is 6.54 Å². The lowest BCUT2D eigenvalue weighted by atomic mass is 9.70. The van der Waals surface area contributed by atoms with E-state index in [0.717, 1.165) is 18.9 Å². The van der Waals surface area contributed by atoms with E-state index in [9.17, 15) is 0 Å². The molecule has 0 unspecified atom stereocenters. The summed E-state index contributed by atoms with van der Waals surface area (Å²) < 4.78 is 0. The molecule has 0 aliphatic heterocycles. The quantitative estimate of drug-likeness (QED) is 0.745. The van der Waals surface area contributed by atoms with Crippen LogP contribution in [0.25, 0.3) is 0 Å². The average molecular weight is 287 g/mol. The monoisotopic (exact) mass is 287 g/mol. The highest BCUT2D eigenvalue weighted by Gasteiger charge is 2.31. The molecule has 1 aliphatic carbocycles. The maximum absolute atomic E-state index is 3.74. The summed E-state index contributed by atoms with van der Waals surface area (Å²) in [5, 5.41) is 3.74. The van der Waals surface area contributed by atoms with E-state index in [0.29, 0.717) is 5.41 Å². The number of hydrogen-bond acceptors (Lipinski definition) is 1. The van der Waals surface area contributed by atoms with Crippen molar-refractivity contribution in [2.75, 3.05) is 13.1 Å². The minimum atomic E-state index is 0.501. The van der Waals surface area contributed by atoms with Gasteiger partial charge in [0.15, 0.2) is 0 Å². The molecule has 21 heavy (non-hydrogen) atoms. The lowest BCUT2D eigenvalue weighted by Gasteiger charge is -2.38. The Hall–Kier alpha value is -0.820. The molecule has 1 aromatic rings. The standard InChI is InChI=1S/C20H33N/c1-4-18-8-10-19(11-9-18)14-20(12-6-5-7-13-20)16-21-15-17(2)3/h8-11,17,21H,4-7,12-16H2,1-3H3. The summed E-state index contributed by atoms with van der Waals surface area (Å²) in [5.41, 5.74) is 3.48. The number of nitrogens with one attached hydrogen (secondary N) is 1. The molecule has 1 aromatic carbocycles. The molecule has 0 atom stereocenters. The van der Waals surface area contributed by atoms with Crippen LogP contribution in [0.2, 0.25) is 0 Å². The van der Waals surface area contributed by atoms with Gasteiger partial charge in [-0.25, -0.2) is 0 Å². The van der Waals surface area contributed by atoms with Gasteiger partial charge in [0.05, 0.1) is 0 Å². The topological polar surface area (TPSA) is 12.0 Å². The molecule has 1 heteroatoms. The third-order valence-corrected chi connectivity index (χ3v) is 4.98. The molecule has 1 N–H and O–H groups in total. The van der Waals surface area contributed by atoms with Crippen LogP contribution in [0, 0.1) is 11.3 Å². The maximum atomic E-state index is 3.74. The Labute approximate surface area is 131 Å². The first-order valence-electron chi connectivity index (χ1n) is 8.92. The fourth-order valence-electron chi connectivity index (χ4n) is 3.67. The minimum absolute atomic E-state index is 0.501. The second kappa shape index (κ2) is 7.98. The molecule has 0 spiro atoms. The zero-order valence-corrected chi connectivity index (χ0v) is 14.3. The molecule has 1 saturated carbocycles. The second-order valence-corrected chi connectivity index (χ2v) is 7.43. The molecule has 0 aromatic heterocycles. The van der Waals surface area contributed by atoms with E-state index < -0.39 is 0 Å². The van der Waals surface area contributed by atoms with Crippen LogP contribution in [0.5, 0.6) is 0 Å². The van der Waals surface area contributed by atoms with Gasteiger partial charge in [0.1, 0.15) is 0 Å². The molecule has 0 radical (unpaired) electrons. The van der Waals surface area contributed by atoms with Gasteiger partial charge in [-0.2, -0.15) is 0 Å². The summed E-state index contributed by atoms with van der Waals surface area (Å²) in [6, 6.07) is 9.34. The summed E-state index contributed by atoms with van der Waals surface area (Å²) in [5.74, 6) is 0.745. The third-order valence-electron chi connectivity index (χ3n) is 4.98. The molecule has 1 aliphatic rings. The highest BCUT2D eigenvalue weighted by molar-refractivity contribution is 5.23. The van der Waals surface area contributed by atoms with Crippen LogP contribution in [-0.4, -0.2) is 13.1 Å². The zero-order chi connectivity index (χ0) is 15.1. The minimum Gasteiger partial charge on any atom is -0.316 e. The molecule has 2 rings (SSSR count). The van der Waals surface area contributed by atoms with Crippen molar-refractivity contribution >= 4 is 0 Å². The third kappa shape index (κ3) is 5.14. The van der Waals surface area contributed by atoms with Crippen molar-refractivity contribution in [2.45, 2.75) is 65.7 Å². The van der Waals surface area contributed by atoms with Gasteiger partial charge >= 0.3 is 0 Å². The molecular formula is C20H33N. The fraction of sp³-hybridized carbons (Fsp3) is 0.700. The highest BCUT2D eigenvalue weighted by atomic mass is 14.9. The zero-order valence-electron chi connectivity index (χ0n) is 14.3. The van der Waals surface area contributed by atoms with Gasteiger partial charge in [0.25, 0.3) is 0 Å². The van der Waals surface area contributed by atoms with Crippen LogP contribution in [0.15, 0.2) is 24.3 Å². The van der Waals surface area contributed by atoms with Gasteiger partial charge in [-0.05, 0) is 54.7 Å². The van der Waals surface area contributed by atoms with E-state index in [1.165, 1.54) is 56.2 Å². The Balaban J connectivity index is 2.00. The molecule has 0 amide bonds. The Kier molecular flexibility index (Phi) is 6.29. The van der Waals surface area contributed by atoms with E-state index in [1.54, 1.807) is 0 Å². The smallest absolute Gasteiger partial charge is 0.00111 e. The number of benzene rings is 1. The maximum Gasteiger partial charge on any atom is 0.00111 e. The van der Waals surface area contributed by atoms with Crippen molar-refractivity contribution in [1.29, 1.82) is 0 Å². The predicted octanol–water partition coefficient (Wildman–Crippen LogP) is 4.99.